The molecule has 0 unspecified atom stereocenters. The van der Waals surface area contributed by atoms with Gasteiger partial charge in [-0.05, 0) is 29.8 Å². The molecule has 2 aromatic rings. The van der Waals surface area contributed by atoms with Crippen LogP contribution in [-0.2, 0) is 6.54 Å². The first-order valence-corrected chi connectivity index (χ1v) is 5.55. The van der Waals surface area contributed by atoms with Crippen molar-refractivity contribution in [1.82, 2.24) is 4.57 Å². The smallest absolute Gasteiger partial charge is 0.0595 e. The average Bonchev–Trinajstić information content (AvgIpc) is 2.27. The molecule has 1 heterocycles. The molecule has 2 rings (SSSR count). The summed E-state index contributed by atoms with van der Waals surface area (Å²) in [5.74, 6) is 0. The lowest BCUT2D eigenvalue weighted by molar-refractivity contribution is -0.00000330. The SMILES string of the molecule is N=c1ccn(Cc2ccc(Cl)c(Cl)c2)cc1.[Cl-]. The molecule has 1 aromatic carbocycles. The minimum atomic E-state index is 0. The van der Waals surface area contributed by atoms with Crippen molar-refractivity contribution in [1.29, 1.82) is 5.41 Å². The van der Waals surface area contributed by atoms with E-state index in [2.05, 4.69) is 0 Å². The molecule has 0 aliphatic rings. The number of pyridine rings is 1. The van der Waals surface area contributed by atoms with Gasteiger partial charge in [-0.15, -0.1) is 0 Å². The van der Waals surface area contributed by atoms with Crippen LogP contribution in [0.2, 0.25) is 10.0 Å². The third kappa shape index (κ3) is 3.77. The molecule has 0 atom stereocenters. The summed E-state index contributed by atoms with van der Waals surface area (Å²) in [6, 6.07) is 9.08. The van der Waals surface area contributed by atoms with Gasteiger partial charge in [0.15, 0.2) is 0 Å². The maximum absolute atomic E-state index is 7.38. The Kier molecular flexibility index (Phi) is 5.06. The van der Waals surface area contributed by atoms with Crippen molar-refractivity contribution in [3.8, 4) is 0 Å². The highest BCUT2D eigenvalue weighted by Crippen LogP contribution is 2.22. The zero-order valence-corrected chi connectivity index (χ0v) is 11.1. The Balaban J connectivity index is 0.00000144. The molecular formula is C12H10Cl3N2-. The Hall–Kier alpha value is -0.960. The van der Waals surface area contributed by atoms with Gasteiger partial charge in [0.25, 0.3) is 0 Å². The van der Waals surface area contributed by atoms with Crippen molar-refractivity contribution in [2.75, 3.05) is 0 Å². The molecule has 0 aliphatic carbocycles. The lowest BCUT2D eigenvalue weighted by Gasteiger charge is -2.07. The maximum Gasteiger partial charge on any atom is 0.0595 e. The molecule has 5 heteroatoms. The largest absolute Gasteiger partial charge is 1.00 e. The highest BCUT2D eigenvalue weighted by molar-refractivity contribution is 6.42. The van der Waals surface area contributed by atoms with Crippen molar-refractivity contribution < 1.29 is 12.4 Å². The standard InChI is InChI=1S/C12H10Cl2N2.ClH/c13-11-2-1-9(7-12(11)14)8-16-5-3-10(15)4-6-16;/h1-7,15H,8H2;1H/p-1. The Bertz CT molecular complexity index is 543. The molecule has 0 bridgehead atoms. The molecule has 0 saturated heterocycles. The van der Waals surface area contributed by atoms with Gasteiger partial charge in [0.2, 0.25) is 0 Å². The van der Waals surface area contributed by atoms with E-state index in [1.54, 1.807) is 18.2 Å². The van der Waals surface area contributed by atoms with E-state index in [0.717, 1.165) is 12.1 Å². The second-order valence-corrected chi connectivity index (χ2v) is 4.32. The maximum atomic E-state index is 7.38. The van der Waals surface area contributed by atoms with Gasteiger partial charge in [-0.3, -0.25) is 0 Å². The number of rotatable bonds is 2. The van der Waals surface area contributed by atoms with Crippen LogP contribution in [0.3, 0.4) is 0 Å². The number of halogens is 3. The van der Waals surface area contributed by atoms with E-state index >= 15 is 0 Å². The number of benzene rings is 1. The molecule has 1 aromatic heterocycles. The number of hydrogen-bond acceptors (Lipinski definition) is 1. The van der Waals surface area contributed by atoms with Gasteiger partial charge in [-0.1, -0.05) is 29.3 Å². The Morgan fingerprint density at radius 2 is 1.65 bits per heavy atom. The number of aromatic nitrogens is 1. The van der Waals surface area contributed by atoms with Crippen molar-refractivity contribution in [2.45, 2.75) is 6.54 Å². The van der Waals surface area contributed by atoms with Crippen molar-refractivity contribution in [3.05, 3.63) is 63.7 Å². The summed E-state index contributed by atoms with van der Waals surface area (Å²) in [5, 5.41) is 9.02. The van der Waals surface area contributed by atoms with Crippen molar-refractivity contribution in [3.63, 3.8) is 0 Å². The molecular weight excluding hydrogens is 279 g/mol. The molecule has 0 spiro atoms. The zero-order chi connectivity index (χ0) is 11.5. The summed E-state index contributed by atoms with van der Waals surface area (Å²) < 4.78 is 1.98. The molecule has 2 nitrogen and oxygen atoms in total. The topological polar surface area (TPSA) is 28.8 Å². The summed E-state index contributed by atoms with van der Waals surface area (Å²) >= 11 is 11.8. The van der Waals surface area contributed by atoms with Gasteiger partial charge in [0, 0.05) is 18.9 Å². The fourth-order valence-corrected chi connectivity index (χ4v) is 1.73. The first-order valence-electron chi connectivity index (χ1n) is 4.80. The van der Waals surface area contributed by atoms with E-state index in [0.29, 0.717) is 15.4 Å². The first-order chi connectivity index (χ1) is 7.65. The Morgan fingerprint density at radius 3 is 2.24 bits per heavy atom. The zero-order valence-electron chi connectivity index (χ0n) is 8.83. The van der Waals surface area contributed by atoms with Crippen LogP contribution in [0.5, 0.6) is 0 Å². The monoisotopic (exact) mass is 287 g/mol. The van der Waals surface area contributed by atoms with Crippen LogP contribution in [0.1, 0.15) is 5.56 Å². The Morgan fingerprint density at radius 1 is 1.00 bits per heavy atom. The average molecular weight is 289 g/mol. The molecule has 90 valence electrons. The van der Waals surface area contributed by atoms with Crippen LogP contribution < -0.4 is 17.8 Å². The second kappa shape index (κ2) is 6.10. The van der Waals surface area contributed by atoms with Crippen LogP contribution in [0.15, 0.2) is 42.7 Å². The van der Waals surface area contributed by atoms with Gasteiger partial charge < -0.3 is 22.4 Å². The lowest BCUT2D eigenvalue weighted by Crippen LogP contribution is -3.00. The minimum absolute atomic E-state index is 0. The number of nitrogens with zero attached hydrogens (tertiary/aromatic N) is 1. The quantitative estimate of drug-likeness (QED) is 0.825. The molecule has 0 fully saturated rings. The lowest BCUT2D eigenvalue weighted by atomic mass is 10.2. The fraction of sp³-hybridized carbons (Fsp3) is 0.0833. The van der Waals surface area contributed by atoms with Gasteiger partial charge in [0.1, 0.15) is 0 Å². The van der Waals surface area contributed by atoms with E-state index in [1.165, 1.54) is 0 Å². The first kappa shape index (κ1) is 14.1. The highest BCUT2D eigenvalue weighted by Gasteiger charge is 1.99. The van der Waals surface area contributed by atoms with E-state index in [4.69, 9.17) is 28.6 Å². The summed E-state index contributed by atoms with van der Waals surface area (Å²) in [6.45, 7) is 0.719. The van der Waals surface area contributed by atoms with Crippen LogP contribution in [0.4, 0.5) is 0 Å². The van der Waals surface area contributed by atoms with Gasteiger partial charge in [-0.2, -0.15) is 0 Å². The third-order valence-electron chi connectivity index (χ3n) is 2.24. The molecule has 1 N–H and O–H groups in total. The van der Waals surface area contributed by atoms with Crippen LogP contribution in [0.25, 0.3) is 0 Å². The minimum Gasteiger partial charge on any atom is -1.00 e. The number of hydrogen-bond donors (Lipinski definition) is 1. The molecule has 0 amide bonds. The predicted octanol–water partition coefficient (Wildman–Crippen LogP) is 0.327. The fourth-order valence-electron chi connectivity index (χ4n) is 1.41. The Labute approximate surface area is 116 Å². The molecule has 0 saturated carbocycles. The van der Waals surface area contributed by atoms with E-state index in [9.17, 15) is 0 Å². The summed E-state index contributed by atoms with van der Waals surface area (Å²) in [7, 11) is 0. The van der Waals surface area contributed by atoms with Crippen molar-refractivity contribution in [2.24, 2.45) is 0 Å². The van der Waals surface area contributed by atoms with Gasteiger partial charge in [0.05, 0.1) is 15.4 Å². The number of nitrogens with one attached hydrogen (secondary N) is 1. The van der Waals surface area contributed by atoms with E-state index in [-0.39, 0.29) is 12.4 Å². The molecule has 0 aliphatic heterocycles. The van der Waals surface area contributed by atoms with Crippen LogP contribution in [0, 0.1) is 5.41 Å². The molecule has 17 heavy (non-hydrogen) atoms. The third-order valence-corrected chi connectivity index (χ3v) is 2.98. The van der Waals surface area contributed by atoms with Gasteiger partial charge >= 0.3 is 0 Å². The summed E-state index contributed by atoms with van der Waals surface area (Å²) in [5.41, 5.74) is 1.08. The second-order valence-electron chi connectivity index (χ2n) is 3.51. The van der Waals surface area contributed by atoms with Crippen molar-refractivity contribution >= 4 is 23.2 Å². The summed E-state index contributed by atoms with van der Waals surface area (Å²) in [6.07, 6.45) is 3.73. The van der Waals surface area contributed by atoms with Crippen LogP contribution >= 0.6 is 23.2 Å². The van der Waals surface area contributed by atoms with E-state index in [1.807, 2.05) is 29.1 Å². The normalized spacial score (nSPS) is 9.76. The molecule has 0 radical (unpaired) electrons. The van der Waals surface area contributed by atoms with Gasteiger partial charge in [-0.25, -0.2) is 0 Å². The summed E-state index contributed by atoms with van der Waals surface area (Å²) in [4.78, 5) is 0. The van der Waals surface area contributed by atoms with E-state index < -0.39 is 0 Å². The van der Waals surface area contributed by atoms with Crippen LogP contribution in [-0.4, -0.2) is 4.57 Å². The predicted molar refractivity (Wildman–Crippen MR) is 65.9 cm³/mol. The highest BCUT2D eigenvalue weighted by atomic mass is 35.5.